The summed E-state index contributed by atoms with van der Waals surface area (Å²) in [4.78, 5) is 0. The molecule has 1 aliphatic heterocycles. The first-order valence-electron chi connectivity index (χ1n) is 7.31. The third-order valence-corrected chi connectivity index (χ3v) is 4.04. The summed E-state index contributed by atoms with van der Waals surface area (Å²) in [6, 6.07) is 21.5. The Labute approximate surface area is 120 Å². The molecule has 2 nitrogen and oxygen atoms in total. The van der Waals surface area contributed by atoms with Crippen LogP contribution in [0.4, 0.5) is 0 Å². The molecular formula is C18H21NO. The van der Waals surface area contributed by atoms with E-state index in [1.807, 2.05) is 0 Å². The van der Waals surface area contributed by atoms with Gasteiger partial charge in [-0.3, -0.25) is 0 Å². The molecule has 104 valence electrons. The number of rotatable bonds is 3. The molecule has 2 aromatic rings. The summed E-state index contributed by atoms with van der Waals surface area (Å²) < 4.78 is 6.04. The zero-order chi connectivity index (χ0) is 13.8. The predicted octanol–water partition coefficient (Wildman–Crippen LogP) is 3.32. The van der Waals surface area contributed by atoms with Crippen molar-refractivity contribution in [1.82, 2.24) is 0 Å². The Morgan fingerprint density at radius 1 is 0.850 bits per heavy atom. The zero-order valence-electron chi connectivity index (χ0n) is 11.6. The van der Waals surface area contributed by atoms with Gasteiger partial charge in [-0.1, -0.05) is 60.7 Å². The van der Waals surface area contributed by atoms with Crippen molar-refractivity contribution in [1.29, 1.82) is 0 Å². The van der Waals surface area contributed by atoms with E-state index >= 15 is 0 Å². The summed E-state index contributed by atoms with van der Waals surface area (Å²) in [5.74, 6) is 0.296. The van der Waals surface area contributed by atoms with Gasteiger partial charge in [0.2, 0.25) is 0 Å². The highest BCUT2D eigenvalue weighted by molar-refractivity contribution is 5.34. The molecule has 20 heavy (non-hydrogen) atoms. The Balaban J connectivity index is 1.92. The van der Waals surface area contributed by atoms with Crippen LogP contribution in [-0.2, 0) is 4.74 Å². The number of ether oxygens (including phenoxy) is 1. The molecule has 0 radical (unpaired) electrons. The maximum Gasteiger partial charge on any atom is 0.0685 e. The van der Waals surface area contributed by atoms with Gasteiger partial charge in [-0.2, -0.15) is 0 Å². The second-order valence-electron chi connectivity index (χ2n) is 5.51. The molecule has 2 N–H and O–H groups in total. The van der Waals surface area contributed by atoms with Gasteiger partial charge >= 0.3 is 0 Å². The molecule has 1 fully saturated rings. The van der Waals surface area contributed by atoms with E-state index in [4.69, 9.17) is 10.5 Å². The molecule has 0 amide bonds. The fraction of sp³-hybridized carbons (Fsp3) is 0.333. The van der Waals surface area contributed by atoms with Crippen LogP contribution in [0, 0.1) is 0 Å². The lowest BCUT2D eigenvalue weighted by Gasteiger charge is -2.33. The Kier molecular flexibility index (Phi) is 4.14. The second kappa shape index (κ2) is 6.21. The van der Waals surface area contributed by atoms with Gasteiger partial charge in [0.15, 0.2) is 0 Å². The maximum atomic E-state index is 6.04. The van der Waals surface area contributed by atoms with Crippen molar-refractivity contribution in [2.24, 2.45) is 5.73 Å². The van der Waals surface area contributed by atoms with Gasteiger partial charge in [0.25, 0.3) is 0 Å². The SMILES string of the molecule is N[C@@H]1CC[C@H](C(c2ccccc2)c2ccccc2)OC1. The predicted molar refractivity (Wildman–Crippen MR) is 81.7 cm³/mol. The molecule has 3 rings (SSSR count). The minimum atomic E-state index is 0.193. The highest BCUT2D eigenvalue weighted by Crippen LogP contribution is 2.33. The molecule has 2 atom stereocenters. The maximum absolute atomic E-state index is 6.04. The van der Waals surface area contributed by atoms with Gasteiger partial charge in [-0.25, -0.2) is 0 Å². The van der Waals surface area contributed by atoms with E-state index in [2.05, 4.69) is 60.7 Å². The molecule has 1 saturated heterocycles. The molecule has 2 heteroatoms. The van der Waals surface area contributed by atoms with Crippen LogP contribution in [0.5, 0.6) is 0 Å². The summed E-state index contributed by atoms with van der Waals surface area (Å²) >= 11 is 0. The smallest absolute Gasteiger partial charge is 0.0685 e. The van der Waals surface area contributed by atoms with Gasteiger partial charge in [-0.15, -0.1) is 0 Å². The highest BCUT2D eigenvalue weighted by atomic mass is 16.5. The summed E-state index contributed by atoms with van der Waals surface area (Å²) in [6.07, 6.45) is 2.29. The first-order valence-corrected chi connectivity index (χ1v) is 7.31. The summed E-state index contributed by atoms with van der Waals surface area (Å²) in [5, 5.41) is 0. The van der Waals surface area contributed by atoms with Crippen molar-refractivity contribution < 1.29 is 4.74 Å². The van der Waals surface area contributed by atoms with Gasteiger partial charge in [0.1, 0.15) is 0 Å². The fourth-order valence-electron chi connectivity index (χ4n) is 3.00. The normalized spacial score (nSPS) is 22.9. The molecule has 0 bridgehead atoms. The van der Waals surface area contributed by atoms with Crippen molar-refractivity contribution in [3.63, 3.8) is 0 Å². The van der Waals surface area contributed by atoms with Crippen LogP contribution in [0.2, 0.25) is 0 Å². The van der Waals surface area contributed by atoms with Crippen LogP contribution in [-0.4, -0.2) is 18.8 Å². The average Bonchev–Trinajstić information content (AvgIpc) is 2.52. The molecule has 0 aliphatic carbocycles. The molecule has 2 aromatic carbocycles. The monoisotopic (exact) mass is 267 g/mol. The van der Waals surface area contributed by atoms with Crippen LogP contribution in [0.25, 0.3) is 0 Å². The largest absolute Gasteiger partial charge is 0.376 e. The molecule has 1 heterocycles. The Morgan fingerprint density at radius 3 is 1.85 bits per heavy atom. The van der Waals surface area contributed by atoms with Gasteiger partial charge in [0.05, 0.1) is 12.7 Å². The van der Waals surface area contributed by atoms with E-state index < -0.39 is 0 Å². The second-order valence-corrected chi connectivity index (χ2v) is 5.51. The van der Waals surface area contributed by atoms with E-state index in [-0.39, 0.29) is 12.1 Å². The van der Waals surface area contributed by atoms with Gasteiger partial charge in [-0.05, 0) is 24.0 Å². The van der Waals surface area contributed by atoms with Crippen molar-refractivity contribution >= 4 is 0 Å². The van der Waals surface area contributed by atoms with Gasteiger partial charge in [0, 0.05) is 12.0 Å². The van der Waals surface area contributed by atoms with Crippen LogP contribution in [0.15, 0.2) is 60.7 Å². The Morgan fingerprint density at radius 2 is 1.40 bits per heavy atom. The quantitative estimate of drug-likeness (QED) is 0.926. The molecule has 1 aliphatic rings. The number of benzene rings is 2. The van der Waals surface area contributed by atoms with E-state index in [0.29, 0.717) is 12.5 Å². The van der Waals surface area contributed by atoms with E-state index in [1.165, 1.54) is 11.1 Å². The lowest BCUT2D eigenvalue weighted by molar-refractivity contribution is -0.00374. The number of hydrogen-bond acceptors (Lipinski definition) is 2. The lowest BCUT2D eigenvalue weighted by atomic mass is 9.83. The first kappa shape index (κ1) is 13.3. The molecule has 0 unspecified atom stereocenters. The third-order valence-electron chi connectivity index (χ3n) is 4.04. The lowest BCUT2D eigenvalue weighted by Crippen LogP contribution is -2.38. The van der Waals surface area contributed by atoms with Crippen LogP contribution in [0.3, 0.4) is 0 Å². The average molecular weight is 267 g/mol. The van der Waals surface area contributed by atoms with E-state index in [0.717, 1.165) is 12.8 Å². The summed E-state index contributed by atoms with van der Waals surface area (Å²) in [7, 11) is 0. The molecule has 0 saturated carbocycles. The Bertz CT molecular complexity index is 478. The minimum absolute atomic E-state index is 0.193. The van der Waals surface area contributed by atoms with E-state index in [1.54, 1.807) is 0 Å². The topological polar surface area (TPSA) is 35.2 Å². The fourth-order valence-corrected chi connectivity index (χ4v) is 3.00. The first-order chi connectivity index (χ1) is 9.84. The molecular weight excluding hydrogens is 246 g/mol. The summed E-state index contributed by atoms with van der Waals surface area (Å²) in [6.45, 7) is 0.667. The highest BCUT2D eigenvalue weighted by Gasteiger charge is 2.29. The standard InChI is InChI=1S/C18H21NO/c19-16-11-12-17(20-13-16)18(14-7-3-1-4-8-14)15-9-5-2-6-10-15/h1-10,16-18H,11-13,19H2/t16-,17-/m1/s1. The summed E-state index contributed by atoms with van der Waals surface area (Å²) in [5.41, 5.74) is 8.59. The van der Waals surface area contributed by atoms with Crippen molar-refractivity contribution in [3.05, 3.63) is 71.8 Å². The zero-order valence-corrected chi connectivity index (χ0v) is 11.6. The van der Waals surface area contributed by atoms with Crippen LogP contribution >= 0.6 is 0 Å². The third kappa shape index (κ3) is 2.92. The number of nitrogens with two attached hydrogens (primary N) is 1. The minimum Gasteiger partial charge on any atom is -0.376 e. The molecule has 0 spiro atoms. The van der Waals surface area contributed by atoms with Crippen molar-refractivity contribution in [2.75, 3.05) is 6.61 Å². The van der Waals surface area contributed by atoms with Gasteiger partial charge < -0.3 is 10.5 Å². The number of hydrogen-bond donors (Lipinski definition) is 1. The van der Waals surface area contributed by atoms with Crippen molar-refractivity contribution in [3.8, 4) is 0 Å². The van der Waals surface area contributed by atoms with Crippen LogP contribution < -0.4 is 5.73 Å². The molecule has 0 aromatic heterocycles. The Hall–Kier alpha value is -1.64. The van der Waals surface area contributed by atoms with Crippen molar-refractivity contribution in [2.45, 2.75) is 30.9 Å². The van der Waals surface area contributed by atoms with Crippen LogP contribution in [0.1, 0.15) is 29.9 Å². The van der Waals surface area contributed by atoms with E-state index in [9.17, 15) is 0 Å².